The molecule has 0 bridgehead atoms. The molecule has 1 amide bonds. The van der Waals surface area contributed by atoms with Crippen molar-refractivity contribution in [2.75, 3.05) is 11.9 Å². The molecule has 8 heteroatoms. The van der Waals surface area contributed by atoms with Gasteiger partial charge in [-0.1, -0.05) is 0 Å². The maximum Gasteiger partial charge on any atom is 0.411 e. The highest BCUT2D eigenvalue weighted by Crippen LogP contribution is 2.19. The second kappa shape index (κ2) is 7.73. The number of esters is 1. The highest BCUT2D eigenvalue weighted by molar-refractivity contribution is 5.92. The number of nitro groups is 1. The highest BCUT2D eigenvalue weighted by Gasteiger charge is 2.11. The first kappa shape index (κ1) is 16.9. The number of non-ortho nitro benzene ring substituents is 1. The monoisotopic (exact) mass is 330 g/mol. The van der Waals surface area contributed by atoms with Crippen LogP contribution in [0.2, 0.25) is 0 Å². The molecule has 0 saturated heterocycles. The van der Waals surface area contributed by atoms with E-state index in [1.165, 1.54) is 48.5 Å². The van der Waals surface area contributed by atoms with Crippen molar-refractivity contribution in [1.29, 1.82) is 0 Å². The zero-order chi connectivity index (χ0) is 17.5. The molecule has 0 aliphatic carbocycles. The van der Waals surface area contributed by atoms with Crippen LogP contribution in [-0.2, 0) is 4.74 Å². The maximum atomic E-state index is 12.0. The molecule has 0 heterocycles. The standard InChI is InChI=1S/C16H14N2O6/c1-2-23-16(20)17-12-5-3-11(4-6-12)15(19)24-14-9-7-13(8-10-14)18(21)22/h3-10H,2H2,1H3,(H,17,20). The Morgan fingerprint density at radius 3 is 2.25 bits per heavy atom. The summed E-state index contributed by atoms with van der Waals surface area (Å²) in [5.41, 5.74) is 0.646. The number of carbonyl (C=O) groups excluding carboxylic acids is 2. The highest BCUT2D eigenvalue weighted by atomic mass is 16.6. The van der Waals surface area contributed by atoms with Gasteiger partial charge in [-0.2, -0.15) is 0 Å². The number of nitrogens with zero attached hydrogens (tertiary/aromatic N) is 1. The Labute approximate surface area is 137 Å². The van der Waals surface area contributed by atoms with E-state index in [0.717, 1.165) is 0 Å². The summed E-state index contributed by atoms with van der Waals surface area (Å²) in [5, 5.41) is 13.1. The van der Waals surface area contributed by atoms with Gasteiger partial charge in [0, 0.05) is 17.8 Å². The Morgan fingerprint density at radius 2 is 1.71 bits per heavy atom. The lowest BCUT2D eigenvalue weighted by molar-refractivity contribution is -0.384. The van der Waals surface area contributed by atoms with Gasteiger partial charge in [0.2, 0.25) is 0 Å². The van der Waals surface area contributed by atoms with Gasteiger partial charge in [-0.15, -0.1) is 0 Å². The third kappa shape index (κ3) is 4.54. The van der Waals surface area contributed by atoms with Crippen LogP contribution in [-0.4, -0.2) is 23.6 Å². The number of amides is 1. The van der Waals surface area contributed by atoms with Gasteiger partial charge in [-0.3, -0.25) is 15.4 Å². The number of ether oxygens (including phenoxy) is 2. The predicted octanol–water partition coefficient (Wildman–Crippen LogP) is 3.38. The first-order valence-electron chi connectivity index (χ1n) is 7.00. The van der Waals surface area contributed by atoms with Crippen LogP contribution in [0.15, 0.2) is 48.5 Å². The predicted molar refractivity (Wildman–Crippen MR) is 85.1 cm³/mol. The molecule has 0 radical (unpaired) electrons. The lowest BCUT2D eigenvalue weighted by Crippen LogP contribution is -2.13. The molecular formula is C16H14N2O6. The average Bonchev–Trinajstić information content (AvgIpc) is 2.56. The summed E-state index contributed by atoms with van der Waals surface area (Å²) in [4.78, 5) is 33.3. The van der Waals surface area contributed by atoms with Crippen LogP contribution in [0, 0.1) is 10.1 Å². The summed E-state index contributed by atoms with van der Waals surface area (Å²) in [7, 11) is 0. The van der Waals surface area contributed by atoms with Crippen molar-refractivity contribution in [3.63, 3.8) is 0 Å². The Hall–Kier alpha value is -3.42. The minimum Gasteiger partial charge on any atom is -0.450 e. The molecular weight excluding hydrogens is 316 g/mol. The largest absolute Gasteiger partial charge is 0.450 e. The second-order valence-electron chi connectivity index (χ2n) is 4.56. The summed E-state index contributed by atoms with van der Waals surface area (Å²) in [6.45, 7) is 1.95. The minimum absolute atomic E-state index is 0.0933. The van der Waals surface area contributed by atoms with Crippen molar-refractivity contribution in [3.05, 3.63) is 64.2 Å². The first-order chi connectivity index (χ1) is 11.5. The van der Waals surface area contributed by atoms with Gasteiger partial charge in [0.1, 0.15) is 5.75 Å². The van der Waals surface area contributed by atoms with Crippen molar-refractivity contribution >= 4 is 23.4 Å². The van der Waals surface area contributed by atoms with Crippen LogP contribution in [0.5, 0.6) is 5.75 Å². The fourth-order valence-electron chi connectivity index (χ4n) is 1.78. The van der Waals surface area contributed by atoms with Crippen LogP contribution >= 0.6 is 0 Å². The van der Waals surface area contributed by atoms with Gasteiger partial charge in [0.25, 0.3) is 5.69 Å². The lowest BCUT2D eigenvalue weighted by Gasteiger charge is -2.07. The third-order valence-corrected chi connectivity index (χ3v) is 2.90. The molecule has 2 aromatic carbocycles. The van der Waals surface area contributed by atoms with Gasteiger partial charge in [0.05, 0.1) is 17.1 Å². The van der Waals surface area contributed by atoms with Gasteiger partial charge in [0.15, 0.2) is 0 Å². The van der Waals surface area contributed by atoms with Crippen LogP contribution in [0.25, 0.3) is 0 Å². The smallest absolute Gasteiger partial charge is 0.411 e. The molecule has 2 aromatic rings. The van der Waals surface area contributed by atoms with Crippen LogP contribution in [0.3, 0.4) is 0 Å². The van der Waals surface area contributed by atoms with Gasteiger partial charge in [-0.05, 0) is 43.3 Å². The Balaban J connectivity index is 1.99. The Morgan fingerprint density at radius 1 is 1.08 bits per heavy atom. The molecule has 0 fully saturated rings. The van der Waals surface area contributed by atoms with Gasteiger partial charge >= 0.3 is 12.1 Å². The van der Waals surface area contributed by atoms with Crippen molar-refractivity contribution in [2.24, 2.45) is 0 Å². The zero-order valence-electron chi connectivity index (χ0n) is 12.7. The SMILES string of the molecule is CCOC(=O)Nc1ccc(C(=O)Oc2ccc([N+](=O)[O-])cc2)cc1. The van der Waals surface area contributed by atoms with Gasteiger partial charge < -0.3 is 9.47 Å². The molecule has 8 nitrogen and oxygen atoms in total. The molecule has 0 atom stereocenters. The molecule has 0 saturated carbocycles. The average molecular weight is 330 g/mol. The number of hydrogen-bond acceptors (Lipinski definition) is 6. The van der Waals surface area contributed by atoms with E-state index in [1.54, 1.807) is 6.92 Å². The molecule has 0 aliphatic heterocycles. The topological polar surface area (TPSA) is 108 Å². The zero-order valence-corrected chi connectivity index (χ0v) is 12.7. The fraction of sp³-hybridized carbons (Fsp3) is 0.125. The molecule has 24 heavy (non-hydrogen) atoms. The number of anilines is 1. The fourth-order valence-corrected chi connectivity index (χ4v) is 1.78. The number of benzene rings is 2. The second-order valence-corrected chi connectivity index (χ2v) is 4.56. The van der Waals surface area contributed by atoms with E-state index in [2.05, 4.69) is 5.32 Å². The van der Waals surface area contributed by atoms with Crippen molar-refractivity contribution in [1.82, 2.24) is 0 Å². The molecule has 0 spiro atoms. The summed E-state index contributed by atoms with van der Waals surface area (Å²) in [5.74, 6) is -0.425. The number of hydrogen-bond donors (Lipinski definition) is 1. The van der Waals surface area contributed by atoms with E-state index < -0.39 is 17.0 Å². The quantitative estimate of drug-likeness (QED) is 0.390. The van der Waals surface area contributed by atoms with Gasteiger partial charge in [-0.25, -0.2) is 9.59 Å². The summed E-state index contributed by atoms with van der Waals surface area (Å²) < 4.78 is 9.86. The van der Waals surface area contributed by atoms with E-state index in [9.17, 15) is 19.7 Å². The van der Waals surface area contributed by atoms with E-state index in [4.69, 9.17) is 9.47 Å². The lowest BCUT2D eigenvalue weighted by atomic mass is 10.2. The Kier molecular flexibility index (Phi) is 5.45. The molecule has 2 rings (SSSR count). The van der Waals surface area contributed by atoms with E-state index >= 15 is 0 Å². The van der Waals surface area contributed by atoms with E-state index in [1.807, 2.05) is 0 Å². The third-order valence-electron chi connectivity index (χ3n) is 2.90. The minimum atomic E-state index is -0.619. The summed E-state index contributed by atoms with van der Waals surface area (Å²) in [6.07, 6.45) is -0.585. The number of nitrogens with one attached hydrogen (secondary N) is 1. The molecule has 1 N–H and O–H groups in total. The number of rotatable bonds is 5. The van der Waals surface area contributed by atoms with Crippen LogP contribution < -0.4 is 10.1 Å². The van der Waals surface area contributed by atoms with Crippen molar-refractivity contribution < 1.29 is 24.0 Å². The van der Waals surface area contributed by atoms with Crippen LogP contribution in [0.1, 0.15) is 17.3 Å². The summed E-state index contributed by atoms with van der Waals surface area (Å²) >= 11 is 0. The maximum absolute atomic E-state index is 12.0. The van der Waals surface area contributed by atoms with Crippen LogP contribution in [0.4, 0.5) is 16.2 Å². The number of carbonyl (C=O) groups is 2. The van der Waals surface area contributed by atoms with E-state index in [-0.39, 0.29) is 23.6 Å². The Bertz CT molecular complexity index is 740. The van der Waals surface area contributed by atoms with Crippen molar-refractivity contribution in [3.8, 4) is 5.75 Å². The first-order valence-corrected chi connectivity index (χ1v) is 7.00. The van der Waals surface area contributed by atoms with E-state index in [0.29, 0.717) is 5.69 Å². The summed E-state index contributed by atoms with van der Waals surface area (Å²) in [6, 6.07) is 11.2. The molecule has 0 aromatic heterocycles. The molecule has 124 valence electrons. The molecule has 0 unspecified atom stereocenters. The molecule has 0 aliphatic rings. The number of nitro benzene ring substituents is 1. The van der Waals surface area contributed by atoms with Crippen molar-refractivity contribution in [2.45, 2.75) is 6.92 Å². The normalized spacial score (nSPS) is 9.88.